The standard InChI is InChI=1S/C40H49N9OS8/c1-33(25(50)41-9)15-52-27(43-33)35(3)17-54-29(45-35)37(5)19-56-31(47-37)39(7)21-58-32(49-39)40(8)22-57-30(48-40)38(6)20-55-28(46-38)36(4)18-53-26(44-36)34(2)16-51-24(42-34)23-13-11-10-12-14-23/h10-14H,15-22H2,1-9H3,(H,41,50)/t33-,34-,35-,36-,37-,38-,39-,40-/m0/s1. The van der Waals surface area contributed by atoms with Crippen molar-refractivity contribution < 1.29 is 4.79 Å². The van der Waals surface area contributed by atoms with Crippen molar-refractivity contribution in [3.05, 3.63) is 35.9 Å². The summed E-state index contributed by atoms with van der Waals surface area (Å²) in [5.74, 6) is 6.56. The van der Waals surface area contributed by atoms with Crippen molar-refractivity contribution in [2.45, 2.75) is 99.7 Å². The molecule has 0 saturated heterocycles. The van der Waals surface area contributed by atoms with E-state index in [-0.39, 0.29) is 17.0 Å². The van der Waals surface area contributed by atoms with Gasteiger partial charge in [-0.1, -0.05) is 30.3 Å². The van der Waals surface area contributed by atoms with Crippen LogP contribution in [0.3, 0.4) is 0 Å². The van der Waals surface area contributed by atoms with E-state index in [1.807, 2.05) is 77.5 Å². The smallest absolute Gasteiger partial charge is 0.248 e. The van der Waals surface area contributed by atoms with Gasteiger partial charge in [0.1, 0.15) is 44.3 Å². The average molecular weight is 928 g/mol. The largest absolute Gasteiger partial charge is 0.357 e. The topological polar surface area (TPSA) is 128 Å². The number of nitrogens with zero attached hydrogens (tertiary/aromatic N) is 8. The van der Waals surface area contributed by atoms with Gasteiger partial charge in [0.25, 0.3) is 0 Å². The Morgan fingerprint density at radius 3 is 1.07 bits per heavy atom. The third-order valence-electron chi connectivity index (χ3n) is 11.7. The van der Waals surface area contributed by atoms with Crippen LogP contribution in [0, 0.1) is 0 Å². The Morgan fingerprint density at radius 1 is 0.431 bits per heavy atom. The van der Waals surface area contributed by atoms with E-state index in [2.05, 4.69) is 84.1 Å². The van der Waals surface area contributed by atoms with Gasteiger partial charge in [0.15, 0.2) is 0 Å². The molecule has 8 aliphatic heterocycles. The molecule has 10 nitrogen and oxygen atoms in total. The Hall–Kier alpha value is -1.15. The summed E-state index contributed by atoms with van der Waals surface area (Å²) in [6, 6.07) is 10.5. The summed E-state index contributed by atoms with van der Waals surface area (Å²) in [6.45, 7) is 17.5. The first-order chi connectivity index (χ1) is 27.3. The molecule has 0 radical (unpaired) electrons. The van der Waals surface area contributed by atoms with E-state index in [0.717, 1.165) is 80.6 Å². The molecule has 0 saturated carbocycles. The number of carbonyl (C=O) groups is 1. The second-order valence-corrected chi connectivity index (χ2v) is 25.5. The van der Waals surface area contributed by atoms with Gasteiger partial charge in [0, 0.05) is 58.6 Å². The molecule has 8 atom stereocenters. The second kappa shape index (κ2) is 14.7. The predicted molar refractivity (Wildman–Crippen MR) is 266 cm³/mol. The Balaban J connectivity index is 0.903. The number of nitrogens with one attached hydrogen (secondary N) is 1. The van der Waals surface area contributed by atoms with Gasteiger partial charge < -0.3 is 5.32 Å². The van der Waals surface area contributed by atoms with Gasteiger partial charge in [0.2, 0.25) is 5.91 Å². The number of carbonyl (C=O) groups excluding carboxylic acids is 1. The molecule has 0 fully saturated rings. The highest BCUT2D eigenvalue weighted by Crippen LogP contribution is 2.50. The molecule has 0 bridgehead atoms. The maximum absolute atomic E-state index is 12.6. The van der Waals surface area contributed by atoms with Crippen LogP contribution in [0.1, 0.15) is 61.0 Å². The first kappa shape index (κ1) is 42.2. The van der Waals surface area contributed by atoms with Crippen molar-refractivity contribution in [2.24, 2.45) is 39.9 Å². The van der Waals surface area contributed by atoms with Crippen molar-refractivity contribution in [3.63, 3.8) is 0 Å². The summed E-state index contributed by atoms with van der Waals surface area (Å²) >= 11 is 14.5. The highest BCUT2D eigenvalue weighted by Gasteiger charge is 2.54. The Bertz CT molecular complexity index is 2230. The number of thioether (sulfide) groups is 8. The number of benzene rings is 1. The summed E-state index contributed by atoms with van der Waals surface area (Å²) in [5, 5.41) is 11.4. The van der Waals surface area contributed by atoms with Crippen LogP contribution in [0.4, 0.5) is 0 Å². The zero-order valence-corrected chi connectivity index (χ0v) is 40.8. The van der Waals surface area contributed by atoms with E-state index < -0.39 is 33.2 Å². The summed E-state index contributed by atoms with van der Waals surface area (Å²) < 4.78 is 0. The molecular weight excluding hydrogens is 879 g/mol. The van der Waals surface area contributed by atoms with Crippen molar-refractivity contribution in [1.82, 2.24) is 5.32 Å². The lowest BCUT2D eigenvalue weighted by atomic mass is 10.0. The van der Waals surface area contributed by atoms with E-state index in [4.69, 9.17) is 39.9 Å². The van der Waals surface area contributed by atoms with E-state index in [1.165, 1.54) is 5.56 Å². The van der Waals surface area contributed by atoms with Gasteiger partial charge in [-0.3, -0.25) is 44.7 Å². The van der Waals surface area contributed by atoms with Gasteiger partial charge in [-0.15, -0.1) is 94.1 Å². The van der Waals surface area contributed by atoms with Crippen LogP contribution < -0.4 is 5.32 Å². The van der Waals surface area contributed by atoms with E-state index in [1.54, 1.807) is 30.6 Å². The molecule has 0 aromatic heterocycles. The van der Waals surface area contributed by atoms with Crippen LogP contribution in [0.15, 0.2) is 70.3 Å². The molecule has 8 aliphatic rings. The minimum Gasteiger partial charge on any atom is -0.357 e. The molecule has 1 aromatic carbocycles. The minimum absolute atomic E-state index is 0.0508. The number of amides is 1. The molecule has 308 valence electrons. The highest BCUT2D eigenvalue weighted by molar-refractivity contribution is 8.19. The fraction of sp³-hybridized carbons (Fsp3) is 0.625. The third kappa shape index (κ3) is 7.18. The first-order valence-corrected chi connectivity index (χ1v) is 27.3. The quantitative estimate of drug-likeness (QED) is 0.262. The Kier molecular flexibility index (Phi) is 10.7. The lowest BCUT2D eigenvalue weighted by Gasteiger charge is -2.22. The fourth-order valence-electron chi connectivity index (χ4n) is 7.79. The van der Waals surface area contributed by atoms with Crippen molar-refractivity contribution in [3.8, 4) is 0 Å². The van der Waals surface area contributed by atoms with Gasteiger partial charge in [0.05, 0.1) is 40.3 Å². The molecule has 18 heteroatoms. The minimum atomic E-state index is -0.753. The van der Waals surface area contributed by atoms with Gasteiger partial charge >= 0.3 is 0 Å². The summed E-state index contributed by atoms with van der Waals surface area (Å²) in [7, 11) is 1.67. The maximum atomic E-state index is 12.6. The van der Waals surface area contributed by atoms with Gasteiger partial charge in [-0.05, 0) is 55.4 Å². The zero-order chi connectivity index (χ0) is 41.0. The first-order valence-electron chi connectivity index (χ1n) is 19.5. The lowest BCUT2D eigenvalue weighted by Crippen LogP contribution is -2.42. The average Bonchev–Trinajstić information content (AvgIpc) is 4.05. The van der Waals surface area contributed by atoms with Crippen LogP contribution in [-0.2, 0) is 4.79 Å². The van der Waals surface area contributed by atoms with Crippen LogP contribution in [0.25, 0.3) is 0 Å². The van der Waals surface area contributed by atoms with Crippen molar-refractivity contribution in [1.29, 1.82) is 0 Å². The number of rotatable bonds is 9. The maximum Gasteiger partial charge on any atom is 0.248 e. The molecule has 0 spiro atoms. The van der Waals surface area contributed by atoms with Crippen molar-refractivity contribution >= 4 is 140 Å². The number of hydrogen-bond acceptors (Lipinski definition) is 17. The van der Waals surface area contributed by atoms with Crippen molar-refractivity contribution in [2.75, 3.05) is 53.1 Å². The van der Waals surface area contributed by atoms with Crippen LogP contribution in [0.5, 0.6) is 0 Å². The van der Waals surface area contributed by atoms with E-state index in [9.17, 15) is 4.79 Å². The zero-order valence-electron chi connectivity index (χ0n) is 34.3. The molecule has 1 amide bonds. The van der Waals surface area contributed by atoms with Gasteiger partial charge in [-0.2, -0.15) is 0 Å². The number of likely N-dealkylation sites (N-methyl/N-ethyl adjacent to an activating group) is 1. The van der Waals surface area contributed by atoms with E-state index in [0.29, 0.717) is 5.75 Å². The monoisotopic (exact) mass is 927 g/mol. The van der Waals surface area contributed by atoms with Crippen LogP contribution in [-0.4, -0.2) is 144 Å². The molecule has 0 aliphatic carbocycles. The Labute approximate surface area is 376 Å². The normalized spacial score (nSPS) is 42.2. The molecule has 1 N–H and O–H groups in total. The predicted octanol–water partition coefficient (Wildman–Crippen LogP) is 8.01. The molecule has 9 rings (SSSR count). The lowest BCUT2D eigenvalue weighted by molar-refractivity contribution is -0.124. The van der Waals surface area contributed by atoms with Crippen LogP contribution in [0.2, 0.25) is 0 Å². The second-order valence-electron chi connectivity index (χ2n) is 17.8. The SMILES string of the molecule is CNC(=O)[C@]1(C)CSC([C@]2(C)CSC([C@]3(C)CSC([C@]4(C)CSC([C@]5(C)CSC([C@]6(C)CSC([C@]7(C)CSC([C@]8(C)CSC(c9ccccc9)=N8)=N7)=N6)=N5)=N4)=N3)=N2)=N1. The van der Waals surface area contributed by atoms with E-state index >= 15 is 0 Å². The number of aliphatic imine (C=N–C) groups is 8. The summed E-state index contributed by atoms with van der Waals surface area (Å²) in [4.78, 5) is 55.2. The summed E-state index contributed by atoms with van der Waals surface area (Å²) in [5.41, 5.74) is -2.34. The number of hydrogen-bond donors (Lipinski definition) is 1. The Morgan fingerprint density at radius 2 is 0.724 bits per heavy atom. The highest BCUT2D eigenvalue weighted by atomic mass is 32.2. The molecule has 1 aromatic rings. The van der Waals surface area contributed by atoms with Crippen LogP contribution >= 0.6 is 94.1 Å². The summed E-state index contributed by atoms with van der Waals surface area (Å²) in [6.07, 6.45) is 0. The molecule has 58 heavy (non-hydrogen) atoms. The molecule has 0 unspecified atom stereocenters. The van der Waals surface area contributed by atoms with Gasteiger partial charge in [-0.25, -0.2) is 0 Å². The third-order valence-corrected chi connectivity index (χ3v) is 23.6. The fourth-order valence-corrected chi connectivity index (χ4v) is 18.8. The molecule has 8 heterocycles. The molecular formula is C40H49N9OS8.